The van der Waals surface area contributed by atoms with Crippen molar-refractivity contribution < 1.29 is 23.6 Å². The maximum atomic E-state index is 13.4. The van der Waals surface area contributed by atoms with Gasteiger partial charge in [-0.05, 0) is 42.5 Å². The molecule has 0 spiro atoms. The minimum atomic E-state index is -0.741. The van der Waals surface area contributed by atoms with Crippen molar-refractivity contribution in [3.05, 3.63) is 96.7 Å². The van der Waals surface area contributed by atoms with E-state index in [1.165, 1.54) is 12.3 Å². The molecule has 196 valence electrons. The minimum absolute atomic E-state index is 0.0981. The van der Waals surface area contributed by atoms with Gasteiger partial charge < -0.3 is 13.9 Å². The van der Waals surface area contributed by atoms with E-state index < -0.39 is 28.7 Å². The van der Waals surface area contributed by atoms with E-state index in [4.69, 9.17) is 32.4 Å². The molecular formula is C26H16Cl2N4O7. The molecule has 0 unspecified atom stereocenters. The van der Waals surface area contributed by atoms with Gasteiger partial charge in [-0.25, -0.2) is 9.78 Å². The van der Waals surface area contributed by atoms with Crippen molar-refractivity contribution >= 4 is 62.9 Å². The molecule has 0 bridgehead atoms. The maximum absolute atomic E-state index is 13.4. The Bertz CT molecular complexity index is 1860. The van der Waals surface area contributed by atoms with Crippen LogP contribution >= 0.6 is 23.2 Å². The molecule has 11 nitrogen and oxygen atoms in total. The number of esters is 1. The van der Waals surface area contributed by atoms with E-state index in [1.807, 2.05) is 0 Å². The Morgan fingerprint density at radius 1 is 1.18 bits per heavy atom. The van der Waals surface area contributed by atoms with Gasteiger partial charge in [0.05, 0.1) is 34.2 Å². The molecule has 2 heterocycles. The predicted octanol–water partition coefficient (Wildman–Crippen LogP) is 5.46. The summed E-state index contributed by atoms with van der Waals surface area (Å²) in [6.07, 6.45) is 1.21. The zero-order chi connectivity index (χ0) is 27.7. The van der Waals surface area contributed by atoms with E-state index >= 15 is 0 Å². The number of fused-ring (bicyclic) bond motifs is 2. The Balaban J connectivity index is 1.63. The quantitative estimate of drug-likeness (QED) is 0.109. The molecule has 13 heteroatoms. The third kappa shape index (κ3) is 5.17. The lowest BCUT2D eigenvalue weighted by Crippen LogP contribution is -2.20. The average Bonchev–Trinajstić information content (AvgIpc) is 3.34. The number of nitro groups is 1. The first kappa shape index (κ1) is 25.9. The highest BCUT2D eigenvalue weighted by molar-refractivity contribution is 6.32. The number of hydrogen-bond donors (Lipinski definition) is 0. The van der Waals surface area contributed by atoms with E-state index in [1.54, 1.807) is 48.5 Å². The molecule has 0 N–H and O–H groups in total. The number of carbonyl (C=O) groups excluding carboxylic acids is 1. The second-order valence-corrected chi connectivity index (χ2v) is 8.92. The predicted molar refractivity (Wildman–Crippen MR) is 145 cm³/mol. The van der Waals surface area contributed by atoms with Crippen LogP contribution in [-0.2, 0) is 9.53 Å². The second-order valence-electron chi connectivity index (χ2n) is 8.08. The van der Waals surface area contributed by atoms with Crippen molar-refractivity contribution in [2.24, 2.45) is 5.10 Å². The number of aromatic nitrogens is 2. The van der Waals surface area contributed by atoms with E-state index in [9.17, 15) is 19.7 Å². The van der Waals surface area contributed by atoms with Crippen LogP contribution in [0.25, 0.3) is 33.5 Å². The van der Waals surface area contributed by atoms with Gasteiger partial charge >= 0.3 is 11.7 Å². The molecule has 3 aromatic carbocycles. The van der Waals surface area contributed by atoms with Crippen LogP contribution in [-0.4, -0.2) is 40.5 Å². The number of ether oxygens (including phenoxy) is 2. The normalized spacial score (nSPS) is 11.4. The molecule has 0 atom stereocenters. The van der Waals surface area contributed by atoms with Crippen LogP contribution in [0, 0.1) is 10.1 Å². The molecule has 5 aromatic rings. The summed E-state index contributed by atoms with van der Waals surface area (Å²) in [5, 5.41) is 17.3. The summed E-state index contributed by atoms with van der Waals surface area (Å²) in [5.74, 6) is -0.700. The summed E-state index contributed by atoms with van der Waals surface area (Å²) < 4.78 is 16.6. The molecule has 0 aliphatic heterocycles. The number of nitro benzene ring substituents is 1. The van der Waals surface area contributed by atoms with Crippen LogP contribution < -0.4 is 10.3 Å². The number of methoxy groups -OCH3 is 1. The molecule has 2 aromatic heterocycles. The van der Waals surface area contributed by atoms with Gasteiger partial charge in [-0.3, -0.25) is 14.9 Å². The first-order valence-electron chi connectivity index (χ1n) is 11.2. The van der Waals surface area contributed by atoms with Gasteiger partial charge in [0.1, 0.15) is 5.58 Å². The number of nitrogens with zero attached hydrogens (tertiary/aromatic N) is 4. The summed E-state index contributed by atoms with van der Waals surface area (Å²) in [6, 6.07) is 16.0. The SMILES string of the molecule is COC(=O)COc1c(Cl)cc(C=Nn2c(-c3cc4cc(Cl)ccc4o3)nc3ccccc3c2=O)cc1[N+](=O)[O-]. The van der Waals surface area contributed by atoms with Gasteiger partial charge in [0.15, 0.2) is 12.4 Å². The third-order valence-electron chi connectivity index (χ3n) is 5.58. The van der Waals surface area contributed by atoms with Crippen molar-refractivity contribution in [3.63, 3.8) is 0 Å². The number of benzene rings is 3. The fourth-order valence-electron chi connectivity index (χ4n) is 3.78. The van der Waals surface area contributed by atoms with Crippen molar-refractivity contribution in [1.29, 1.82) is 0 Å². The Morgan fingerprint density at radius 3 is 2.74 bits per heavy atom. The highest BCUT2D eigenvalue weighted by atomic mass is 35.5. The largest absolute Gasteiger partial charge is 0.474 e. The lowest BCUT2D eigenvalue weighted by molar-refractivity contribution is -0.385. The lowest BCUT2D eigenvalue weighted by Gasteiger charge is -2.09. The number of rotatable bonds is 7. The van der Waals surface area contributed by atoms with Gasteiger partial charge in [0.25, 0.3) is 5.56 Å². The number of hydrogen-bond acceptors (Lipinski definition) is 9. The topological polar surface area (TPSA) is 139 Å². The summed E-state index contributed by atoms with van der Waals surface area (Å²) in [5.41, 5.74) is 0.125. The Labute approximate surface area is 228 Å². The average molecular weight is 567 g/mol. The summed E-state index contributed by atoms with van der Waals surface area (Å²) in [6.45, 7) is -0.575. The van der Waals surface area contributed by atoms with Crippen molar-refractivity contribution in [2.75, 3.05) is 13.7 Å². The number of furan rings is 1. The van der Waals surface area contributed by atoms with Crippen molar-refractivity contribution in [3.8, 4) is 17.3 Å². The molecule has 0 fully saturated rings. The molecule has 0 aliphatic carbocycles. The standard InChI is InChI=1S/C26H16Cl2N4O7/c1-37-23(33)13-38-24-18(28)8-14(9-20(24)32(35)36)12-29-31-25(30-19-5-3-2-4-17(19)26(31)34)22-11-15-10-16(27)6-7-21(15)39-22/h2-12H,13H2,1H3. The van der Waals surface area contributed by atoms with Crippen LogP contribution in [0.3, 0.4) is 0 Å². The smallest absolute Gasteiger partial charge is 0.343 e. The van der Waals surface area contributed by atoms with Gasteiger partial charge in [0, 0.05) is 22.0 Å². The van der Waals surface area contributed by atoms with E-state index in [-0.39, 0.29) is 27.9 Å². The summed E-state index contributed by atoms with van der Waals surface area (Å²) in [7, 11) is 1.15. The molecule has 0 aliphatic rings. The van der Waals surface area contributed by atoms with E-state index in [2.05, 4.69) is 14.8 Å². The van der Waals surface area contributed by atoms with Crippen LogP contribution in [0.15, 0.2) is 75.0 Å². The first-order chi connectivity index (χ1) is 18.7. The van der Waals surface area contributed by atoms with Crippen LogP contribution in [0.4, 0.5) is 5.69 Å². The number of carbonyl (C=O) groups is 1. The molecule has 5 rings (SSSR count). The highest BCUT2D eigenvalue weighted by Gasteiger charge is 2.22. The Hall–Kier alpha value is -4.74. The van der Waals surface area contributed by atoms with Crippen LogP contribution in [0.1, 0.15) is 5.56 Å². The van der Waals surface area contributed by atoms with Crippen molar-refractivity contribution in [2.45, 2.75) is 0 Å². The van der Waals surface area contributed by atoms with Gasteiger partial charge in [-0.2, -0.15) is 9.78 Å². The number of halogens is 2. The highest BCUT2D eigenvalue weighted by Crippen LogP contribution is 2.36. The molecule has 0 saturated heterocycles. The second kappa shape index (κ2) is 10.6. The molecular weight excluding hydrogens is 551 g/mol. The molecule has 39 heavy (non-hydrogen) atoms. The third-order valence-corrected chi connectivity index (χ3v) is 6.10. The summed E-state index contributed by atoms with van der Waals surface area (Å²) in [4.78, 5) is 40.4. The van der Waals surface area contributed by atoms with E-state index in [0.29, 0.717) is 26.9 Å². The molecule has 0 amide bonds. The molecule has 0 radical (unpaired) electrons. The monoisotopic (exact) mass is 566 g/mol. The lowest BCUT2D eigenvalue weighted by atomic mass is 10.2. The van der Waals surface area contributed by atoms with E-state index in [0.717, 1.165) is 17.9 Å². The fourth-order valence-corrected chi connectivity index (χ4v) is 4.24. The zero-order valence-corrected chi connectivity index (χ0v) is 21.5. The minimum Gasteiger partial charge on any atom is -0.474 e. The maximum Gasteiger partial charge on any atom is 0.343 e. The van der Waals surface area contributed by atoms with Crippen LogP contribution in [0.2, 0.25) is 10.0 Å². The van der Waals surface area contributed by atoms with Gasteiger partial charge in [0.2, 0.25) is 11.6 Å². The van der Waals surface area contributed by atoms with Crippen molar-refractivity contribution in [1.82, 2.24) is 9.66 Å². The van der Waals surface area contributed by atoms with Crippen LogP contribution in [0.5, 0.6) is 5.75 Å². The molecule has 0 saturated carbocycles. The van der Waals surface area contributed by atoms with Gasteiger partial charge in [-0.15, -0.1) is 0 Å². The van der Waals surface area contributed by atoms with Gasteiger partial charge in [-0.1, -0.05) is 35.3 Å². The fraction of sp³-hybridized carbons (Fsp3) is 0.0769. The summed E-state index contributed by atoms with van der Waals surface area (Å²) >= 11 is 12.3. The number of para-hydroxylation sites is 1. The first-order valence-corrected chi connectivity index (χ1v) is 11.9. The Morgan fingerprint density at radius 2 is 1.97 bits per heavy atom. The zero-order valence-electron chi connectivity index (χ0n) is 20.0. The Kier molecular flexibility index (Phi) is 7.01.